The normalized spacial score (nSPS) is 32.3. The molecule has 1 aliphatic carbocycles. The summed E-state index contributed by atoms with van der Waals surface area (Å²) >= 11 is 0. The summed E-state index contributed by atoms with van der Waals surface area (Å²) < 4.78 is 11.7. The van der Waals surface area contributed by atoms with Gasteiger partial charge in [-0.3, -0.25) is 0 Å². The average Bonchev–Trinajstić information content (AvgIpc) is 2.66. The van der Waals surface area contributed by atoms with Gasteiger partial charge in [-0.05, 0) is 24.6 Å². The standard InChI is InChI=1S/C16H19NO3.ClH/c1-19-12-3-2-10-9-17-7-6-16-5-4-11(18)8-13(16)20-15(12)14(10)16;/h2-5,11,13,17-18H,6-9H2,1H3;1H/t11-,13-,16-;/m0./s1. The van der Waals surface area contributed by atoms with Crippen LogP contribution in [0.4, 0.5) is 0 Å². The van der Waals surface area contributed by atoms with E-state index in [0.717, 1.165) is 31.0 Å². The fraction of sp³-hybridized carbons (Fsp3) is 0.500. The molecule has 5 heteroatoms. The molecule has 0 fully saturated rings. The first-order chi connectivity index (χ1) is 9.74. The van der Waals surface area contributed by atoms with Crippen LogP contribution in [0.2, 0.25) is 0 Å². The SMILES string of the molecule is COc1ccc2c3c1O[C@H]1C[C@@H](O)C=C[C@@]31CCNC2.Cl. The second kappa shape index (κ2) is 5.20. The fourth-order valence-corrected chi connectivity index (χ4v) is 3.87. The van der Waals surface area contributed by atoms with Crippen molar-refractivity contribution < 1.29 is 14.6 Å². The van der Waals surface area contributed by atoms with E-state index in [-0.39, 0.29) is 23.9 Å². The third-order valence-corrected chi connectivity index (χ3v) is 4.83. The van der Waals surface area contributed by atoms with Gasteiger partial charge in [-0.2, -0.15) is 0 Å². The van der Waals surface area contributed by atoms with Crippen molar-refractivity contribution in [1.29, 1.82) is 0 Å². The zero-order valence-corrected chi connectivity index (χ0v) is 12.8. The molecule has 0 aromatic heterocycles. The Morgan fingerprint density at radius 1 is 1.43 bits per heavy atom. The number of hydrogen-bond acceptors (Lipinski definition) is 4. The summed E-state index contributed by atoms with van der Waals surface area (Å²) in [6, 6.07) is 4.11. The highest BCUT2D eigenvalue weighted by Crippen LogP contribution is 2.55. The lowest BCUT2D eigenvalue weighted by Crippen LogP contribution is -2.42. The summed E-state index contributed by atoms with van der Waals surface area (Å²) in [5.41, 5.74) is 2.43. The second-order valence-electron chi connectivity index (χ2n) is 5.87. The third kappa shape index (κ3) is 1.97. The van der Waals surface area contributed by atoms with Crippen LogP contribution < -0.4 is 14.8 Å². The van der Waals surface area contributed by atoms with Gasteiger partial charge in [0.05, 0.1) is 18.6 Å². The van der Waals surface area contributed by atoms with Gasteiger partial charge in [-0.15, -0.1) is 12.4 Å². The summed E-state index contributed by atoms with van der Waals surface area (Å²) in [4.78, 5) is 0. The first-order valence-electron chi connectivity index (χ1n) is 7.20. The van der Waals surface area contributed by atoms with Crippen LogP contribution in [0.15, 0.2) is 24.3 Å². The summed E-state index contributed by atoms with van der Waals surface area (Å²) in [5.74, 6) is 1.67. The predicted molar refractivity (Wildman–Crippen MR) is 82.4 cm³/mol. The Morgan fingerprint density at radius 3 is 3.10 bits per heavy atom. The molecule has 0 bridgehead atoms. The van der Waals surface area contributed by atoms with E-state index in [4.69, 9.17) is 9.47 Å². The lowest BCUT2D eigenvalue weighted by molar-refractivity contribution is 0.0851. The molecule has 4 nitrogen and oxygen atoms in total. The molecule has 1 aromatic carbocycles. The van der Waals surface area contributed by atoms with Gasteiger partial charge >= 0.3 is 0 Å². The molecule has 21 heavy (non-hydrogen) atoms. The average molecular weight is 310 g/mol. The molecule has 0 unspecified atom stereocenters. The van der Waals surface area contributed by atoms with E-state index in [1.807, 2.05) is 12.1 Å². The van der Waals surface area contributed by atoms with Gasteiger partial charge in [0.25, 0.3) is 0 Å². The summed E-state index contributed by atoms with van der Waals surface area (Å²) in [5, 5.41) is 13.4. The third-order valence-electron chi connectivity index (χ3n) is 4.83. The summed E-state index contributed by atoms with van der Waals surface area (Å²) in [6.45, 7) is 1.82. The van der Waals surface area contributed by atoms with E-state index in [1.54, 1.807) is 7.11 Å². The van der Waals surface area contributed by atoms with Crippen LogP contribution in [0.5, 0.6) is 11.5 Å². The summed E-state index contributed by atoms with van der Waals surface area (Å²) in [7, 11) is 1.68. The highest BCUT2D eigenvalue weighted by Gasteiger charge is 2.52. The van der Waals surface area contributed by atoms with Crippen LogP contribution in [-0.2, 0) is 12.0 Å². The van der Waals surface area contributed by atoms with Crippen molar-refractivity contribution in [2.75, 3.05) is 13.7 Å². The predicted octanol–water partition coefficient (Wildman–Crippen LogP) is 1.93. The lowest BCUT2D eigenvalue weighted by atomic mass is 9.69. The first-order valence-corrected chi connectivity index (χ1v) is 7.20. The van der Waals surface area contributed by atoms with Gasteiger partial charge in [-0.25, -0.2) is 0 Å². The van der Waals surface area contributed by atoms with Crippen LogP contribution in [0.1, 0.15) is 24.0 Å². The minimum atomic E-state index is -0.411. The van der Waals surface area contributed by atoms with Crippen LogP contribution in [-0.4, -0.2) is 31.0 Å². The Hall–Kier alpha value is -1.23. The molecular weight excluding hydrogens is 290 g/mol. The molecule has 0 saturated heterocycles. The maximum Gasteiger partial charge on any atom is 0.166 e. The van der Waals surface area contributed by atoms with Crippen LogP contribution in [0.25, 0.3) is 0 Å². The van der Waals surface area contributed by atoms with Gasteiger partial charge in [-0.1, -0.05) is 18.2 Å². The first kappa shape index (κ1) is 14.7. The molecule has 114 valence electrons. The van der Waals surface area contributed by atoms with E-state index in [9.17, 15) is 5.11 Å². The van der Waals surface area contributed by atoms with Gasteiger partial charge < -0.3 is 19.9 Å². The van der Waals surface area contributed by atoms with Gasteiger partial charge in [0.2, 0.25) is 0 Å². The smallest absolute Gasteiger partial charge is 0.166 e. The number of methoxy groups -OCH3 is 1. The van der Waals surface area contributed by atoms with E-state index in [1.165, 1.54) is 11.1 Å². The molecule has 0 amide bonds. The number of ether oxygens (including phenoxy) is 2. The number of nitrogens with one attached hydrogen (secondary N) is 1. The monoisotopic (exact) mass is 309 g/mol. The number of benzene rings is 1. The van der Waals surface area contributed by atoms with Gasteiger partial charge in [0.15, 0.2) is 11.5 Å². The number of rotatable bonds is 1. The van der Waals surface area contributed by atoms with E-state index < -0.39 is 6.10 Å². The van der Waals surface area contributed by atoms with Gasteiger partial charge in [0, 0.05) is 18.5 Å². The molecule has 2 heterocycles. The van der Waals surface area contributed by atoms with Crippen molar-refractivity contribution in [1.82, 2.24) is 5.32 Å². The maximum absolute atomic E-state index is 9.92. The molecule has 2 N–H and O–H groups in total. The lowest BCUT2D eigenvalue weighted by Gasteiger charge is -2.35. The maximum atomic E-state index is 9.92. The van der Waals surface area contributed by atoms with Gasteiger partial charge in [0.1, 0.15) is 6.10 Å². The van der Waals surface area contributed by atoms with E-state index >= 15 is 0 Å². The van der Waals surface area contributed by atoms with Crippen molar-refractivity contribution >= 4 is 12.4 Å². The highest BCUT2D eigenvalue weighted by molar-refractivity contribution is 5.85. The topological polar surface area (TPSA) is 50.7 Å². The van der Waals surface area contributed by atoms with E-state index in [0.29, 0.717) is 6.42 Å². The van der Waals surface area contributed by atoms with Crippen molar-refractivity contribution in [3.05, 3.63) is 35.4 Å². The Balaban J connectivity index is 0.00000132. The number of aliphatic hydroxyl groups excluding tert-OH is 1. The van der Waals surface area contributed by atoms with Crippen molar-refractivity contribution in [3.8, 4) is 11.5 Å². The van der Waals surface area contributed by atoms with Crippen molar-refractivity contribution in [3.63, 3.8) is 0 Å². The molecule has 4 rings (SSSR count). The Bertz CT molecular complexity index is 589. The highest BCUT2D eigenvalue weighted by atomic mass is 35.5. The number of aliphatic hydroxyl groups is 1. The molecule has 0 radical (unpaired) electrons. The number of halogens is 1. The zero-order valence-electron chi connectivity index (χ0n) is 12.0. The van der Waals surface area contributed by atoms with Crippen LogP contribution >= 0.6 is 12.4 Å². The zero-order chi connectivity index (χ0) is 13.7. The van der Waals surface area contributed by atoms with Crippen LogP contribution in [0.3, 0.4) is 0 Å². The second-order valence-corrected chi connectivity index (χ2v) is 5.87. The molecule has 3 atom stereocenters. The molecule has 1 spiro atoms. The molecule has 1 aromatic rings. The molecule has 2 aliphatic heterocycles. The Labute approximate surface area is 130 Å². The van der Waals surface area contributed by atoms with Crippen LogP contribution in [0, 0.1) is 0 Å². The largest absolute Gasteiger partial charge is 0.493 e. The van der Waals surface area contributed by atoms with E-state index in [2.05, 4.69) is 17.5 Å². The molecular formula is C16H20ClNO3. The number of hydrogen-bond donors (Lipinski definition) is 2. The Kier molecular flexibility index (Phi) is 3.64. The summed E-state index contributed by atoms with van der Waals surface area (Å²) in [6.07, 6.45) is 5.32. The minimum Gasteiger partial charge on any atom is -0.493 e. The Morgan fingerprint density at radius 2 is 2.29 bits per heavy atom. The van der Waals surface area contributed by atoms with Crippen molar-refractivity contribution in [2.24, 2.45) is 0 Å². The molecule has 0 saturated carbocycles. The van der Waals surface area contributed by atoms with Crippen molar-refractivity contribution in [2.45, 2.75) is 37.0 Å². The quantitative estimate of drug-likeness (QED) is 0.778. The minimum absolute atomic E-state index is 0. The molecule has 3 aliphatic rings. The fourth-order valence-electron chi connectivity index (χ4n) is 3.87.